The molecule has 2 aromatic carbocycles. The summed E-state index contributed by atoms with van der Waals surface area (Å²) >= 11 is 0. The van der Waals surface area contributed by atoms with Gasteiger partial charge in [0.25, 0.3) is 0 Å². The molecule has 3 heterocycles. The van der Waals surface area contributed by atoms with E-state index in [4.69, 9.17) is 9.72 Å². The predicted molar refractivity (Wildman–Crippen MR) is 134 cm³/mol. The van der Waals surface area contributed by atoms with Crippen molar-refractivity contribution in [3.8, 4) is 5.69 Å². The lowest BCUT2D eigenvalue weighted by atomic mass is 10.1. The van der Waals surface area contributed by atoms with Gasteiger partial charge < -0.3 is 15.0 Å². The van der Waals surface area contributed by atoms with E-state index >= 15 is 0 Å². The number of fused-ring (bicyclic) bond motifs is 1. The third-order valence-corrected chi connectivity index (χ3v) is 5.97. The fourth-order valence-electron chi connectivity index (χ4n) is 4.61. The first kappa shape index (κ1) is 21.2. The zero-order chi connectivity index (χ0) is 22.9. The lowest BCUT2D eigenvalue weighted by Crippen LogP contribution is -2.45. The zero-order valence-electron chi connectivity index (χ0n) is 19.2. The second kappa shape index (κ2) is 8.71. The molecule has 168 valence electrons. The molecule has 6 nitrogen and oxygen atoms in total. The second-order valence-electron chi connectivity index (χ2n) is 8.68. The van der Waals surface area contributed by atoms with E-state index in [0.717, 1.165) is 35.8 Å². The van der Waals surface area contributed by atoms with Crippen LogP contribution in [0.1, 0.15) is 19.5 Å². The molecule has 0 unspecified atom stereocenters. The van der Waals surface area contributed by atoms with Gasteiger partial charge in [0.15, 0.2) is 5.43 Å². The van der Waals surface area contributed by atoms with Gasteiger partial charge in [0.2, 0.25) is 0 Å². The highest BCUT2D eigenvalue weighted by Gasteiger charge is 2.25. The number of pyridine rings is 2. The first-order valence-electron chi connectivity index (χ1n) is 11.3. The van der Waals surface area contributed by atoms with Gasteiger partial charge in [-0.25, -0.2) is 4.98 Å². The summed E-state index contributed by atoms with van der Waals surface area (Å²) in [7, 11) is 0. The van der Waals surface area contributed by atoms with Crippen molar-refractivity contribution in [2.75, 3.05) is 23.3 Å². The summed E-state index contributed by atoms with van der Waals surface area (Å²) in [5, 5.41) is 4.01. The molecule has 5 rings (SSSR count). The fraction of sp³-hybridized carbons (Fsp3) is 0.259. The van der Waals surface area contributed by atoms with Crippen molar-refractivity contribution in [3.05, 3.63) is 88.7 Å². The molecule has 0 aliphatic carbocycles. The van der Waals surface area contributed by atoms with Crippen LogP contribution in [-0.4, -0.2) is 34.8 Å². The Morgan fingerprint density at radius 3 is 2.24 bits per heavy atom. The van der Waals surface area contributed by atoms with Crippen LogP contribution < -0.4 is 15.6 Å². The molecule has 1 aliphatic heterocycles. The number of para-hydroxylation sites is 2. The molecule has 0 bridgehead atoms. The molecule has 33 heavy (non-hydrogen) atoms. The number of rotatable bonds is 4. The van der Waals surface area contributed by atoms with Gasteiger partial charge in [-0.3, -0.25) is 9.36 Å². The van der Waals surface area contributed by atoms with Crippen molar-refractivity contribution < 1.29 is 4.74 Å². The molecule has 0 radical (unpaired) electrons. The molecule has 1 saturated heterocycles. The topological polar surface area (TPSA) is 59.4 Å². The number of morpholine rings is 1. The summed E-state index contributed by atoms with van der Waals surface area (Å²) in [6.07, 6.45) is 0.254. The summed E-state index contributed by atoms with van der Waals surface area (Å²) in [5.41, 5.74) is 4.32. The van der Waals surface area contributed by atoms with E-state index in [1.807, 2.05) is 78.2 Å². The van der Waals surface area contributed by atoms with Gasteiger partial charge in [-0.05, 0) is 51.1 Å². The standard InChI is InChI=1S/C27H28N4O2/c1-18-16-30(17-19(2)33-18)24-14-23-25(32)15-26(29-21-10-6-4-7-11-21)31(27(23)28-20(24)3)22-12-8-5-9-13-22/h4-15,18-19,29H,16-17H2,1-3H3/t18-,19+. The number of aryl methyl sites for hydroxylation is 1. The molecule has 1 fully saturated rings. The number of hydrogen-bond donors (Lipinski definition) is 1. The Kier molecular flexibility index (Phi) is 5.60. The lowest BCUT2D eigenvalue weighted by Gasteiger charge is -2.37. The number of nitrogens with one attached hydrogen (secondary N) is 1. The number of nitrogens with zero attached hydrogens (tertiary/aromatic N) is 3. The first-order chi connectivity index (χ1) is 16.0. The Hall–Kier alpha value is -3.64. The number of aromatic nitrogens is 2. The first-order valence-corrected chi connectivity index (χ1v) is 11.3. The van der Waals surface area contributed by atoms with E-state index in [2.05, 4.69) is 24.1 Å². The van der Waals surface area contributed by atoms with Gasteiger partial charge in [-0.1, -0.05) is 36.4 Å². The summed E-state index contributed by atoms with van der Waals surface area (Å²) in [5.74, 6) is 0.679. The minimum atomic E-state index is -0.0567. The van der Waals surface area contributed by atoms with Crippen molar-refractivity contribution >= 4 is 28.2 Å². The van der Waals surface area contributed by atoms with E-state index < -0.39 is 0 Å². The van der Waals surface area contributed by atoms with Gasteiger partial charge in [-0.15, -0.1) is 0 Å². The van der Waals surface area contributed by atoms with Gasteiger partial charge in [0.05, 0.1) is 29.0 Å². The highest BCUT2D eigenvalue weighted by molar-refractivity contribution is 5.84. The number of hydrogen-bond acceptors (Lipinski definition) is 5. The van der Waals surface area contributed by atoms with E-state index in [1.54, 1.807) is 6.07 Å². The van der Waals surface area contributed by atoms with Crippen molar-refractivity contribution in [3.63, 3.8) is 0 Å². The van der Waals surface area contributed by atoms with Crippen LogP contribution in [0.3, 0.4) is 0 Å². The second-order valence-corrected chi connectivity index (χ2v) is 8.68. The molecule has 2 atom stereocenters. The normalized spacial score (nSPS) is 18.5. The molecular formula is C27H28N4O2. The van der Waals surface area contributed by atoms with Gasteiger partial charge in [0.1, 0.15) is 11.5 Å². The van der Waals surface area contributed by atoms with Crippen LogP contribution in [0, 0.1) is 6.92 Å². The monoisotopic (exact) mass is 440 g/mol. The predicted octanol–water partition coefficient (Wildman–Crippen LogP) is 5.05. The minimum Gasteiger partial charge on any atom is -0.372 e. The van der Waals surface area contributed by atoms with Crippen molar-refractivity contribution in [1.82, 2.24) is 9.55 Å². The van der Waals surface area contributed by atoms with E-state index in [9.17, 15) is 4.79 Å². The fourth-order valence-corrected chi connectivity index (χ4v) is 4.61. The average molecular weight is 441 g/mol. The molecule has 6 heteroatoms. The Morgan fingerprint density at radius 1 is 0.939 bits per heavy atom. The Bertz CT molecular complexity index is 1330. The summed E-state index contributed by atoms with van der Waals surface area (Å²) < 4.78 is 7.92. The number of anilines is 3. The molecule has 2 aromatic heterocycles. The molecule has 1 N–H and O–H groups in total. The smallest absolute Gasteiger partial charge is 0.193 e. The van der Waals surface area contributed by atoms with Gasteiger partial charge in [-0.2, -0.15) is 0 Å². The van der Waals surface area contributed by atoms with Crippen LogP contribution in [0.15, 0.2) is 77.6 Å². The van der Waals surface area contributed by atoms with Crippen molar-refractivity contribution in [2.24, 2.45) is 0 Å². The highest BCUT2D eigenvalue weighted by atomic mass is 16.5. The van der Waals surface area contributed by atoms with Gasteiger partial charge in [0, 0.05) is 30.5 Å². The molecular weight excluding hydrogens is 412 g/mol. The maximum Gasteiger partial charge on any atom is 0.193 e. The lowest BCUT2D eigenvalue weighted by molar-refractivity contribution is -0.00525. The SMILES string of the molecule is Cc1nc2c(cc1N1C[C@@H](C)O[C@@H](C)C1)c(=O)cc(Nc1ccccc1)n2-c1ccccc1. The van der Waals surface area contributed by atoms with Crippen molar-refractivity contribution in [1.29, 1.82) is 0 Å². The van der Waals surface area contributed by atoms with Gasteiger partial charge >= 0.3 is 0 Å². The van der Waals surface area contributed by atoms with E-state index in [1.165, 1.54) is 0 Å². The molecule has 0 saturated carbocycles. The quantitative estimate of drug-likeness (QED) is 0.481. The van der Waals surface area contributed by atoms with Crippen LogP contribution in [-0.2, 0) is 4.74 Å². The van der Waals surface area contributed by atoms with Crippen LogP contribution in [0.4, 0.5) is 17.2 Å². The third kappa shape index (κ3) is 4.22. The molecule has 0 amide bonds. The molecule has 0 spiro atoms. The number of benzene rings is 2. The summed E-state index contributed by atoms with van der Waals surface area (Å²) in [6, 6.07) is 23.5. The zero-order valence-corrected chi connectivity index (χ0v) is 19.2. The van der Waals surface area contributed by atoms with Crippen LogP contribution in [0.5, 0.6) is 0 Å². The summed E-state index contributed by atoms with van der Waals surface area (Å²) in [6.45, 7) is 7.72. The maximum absolute atomic E-state index is 13.3. The maximum atomic E-state index is 13.3. The van der Waals surface area contributed by atoms with Crippen LogP contribution >= 0.6 is 0 Å². The minimum absolute atomic E-state index is 0.0567. The third-order valence-electron chi connectivity index (χ3n) is 5.97. The van der Waals surface area contributed by atoms with Crippen LogP contribution in [0.2, 0.25) is 0 Å². The highest BCUT2D eigenvalue weighted by Crippen LogP contribution is 2.29. The largest absolute Gasteiger partial charge is 0.372 e. The molecule has 4 aromatic rings. The van der Waals surface area contributed by atoms with E-state index in [0.29, 0.717) is 16.9 Å². The Balaban J connectivity index is 1.71. The average Bonchev–Trinajstić information content (AvgIpc) is 2.79. The molecule has 1 aliphatic rings. The van der Waals surface area contributed by atoms with Crippen LogP contribution in [0.25, 0.3) is 16.7 Å². The Morgan fingerprint density at radius 2 is 1.58 bits per heavy atom. The van der Waals surface area contributed by atoms with E-state index in [-0.39, 0.29) is 17.6 Å². The number of ether oxygens (including phenoxy) is 1. The Labute approximate surface area is 193 Å². The summed E-state index contributed by atoms with van der Waals surface area (Å²) in [4.78, 5) is 20.6. The van der Waals surface area contributed by atoms with Crippen molar-refractivity contribution in [2.45, 2.75) is 33.0 Å².